The fraction of sp³-hybridized carbons (Fsp3) is 0.200. The number of hydrogen-bond acceptors (Lipinski definition) is 3. The molecule has 0 atom stereocenters. The summed E-state index contributed by atoms with van der Waals surface area (Å²) in [5, 5.41) is 1.75. The van der Waals surface area contributed by atoms with Gasteiger partial charge in [0.25, 0.3) is 0 Å². The molecule has 0 fully saturated rings. The molecule has 8 heavy (non-hydrogen) atoms. The molecule has 0 amide bonds. The molecule has 1 rings (SSSR count). The van der Waals surface area contributed by atoms with Crippen LogP contribution in [0.5, 0.6) is 0 Å². The molecule has 0 aromatic carbocycles. The molecular weight excluding hydrogens is 102 g/mol. The van der Waals surface area contributed by atoms with E-state index in [1.807, 2.05) is 31.6 Å². The van der Waals surface area contributed by atoms with Gasteiger partial charge in [0.1, 0.15) is 0 Å². The third kappa shape index (κ3) is 1.01. The molecule has 0 aromatic rings. The highest BCUT2D eigenvalue weighted by Gasteiger charge is 1.88. The third-order valence-electron chi connectivity index (χ3n) is 0.897. The smallest absolute Gasteiger partial charge is 0.0395 e. The number of nitrogens with zero attached hydrogens (tertiary/aromatic N) is 1. The van der Waals surface area contributed by atoms with E-state index < -0.39 is 0 Å². The van der Waals surface area contributed by atoms with Crippen molar-refractivity contribution in [3.63, 3.8) is 0 Å². The van der Waals surface area contributed by atoms with Gasteiger partial charge in [-0.15, -0.1) is 0 Å². The van der Waals surface area contributed by atoms with E-state index >= 15 is 0 Å². The molecule has 1 heterocycles. The Morgan fingerprint density at radius 1 is 1.50 bits per heavy atom. The number of hydrogen-bond donors (Lipinski definition) is 2. The van der Waals surface area contributed by atoms with Crippen LogP contribution in [0.15, 0.2) is 24.6 Å². The van der Waals surface area contributed by atoms with Gasteiger partial charge in [0, 0.05) is 19.4 Å². The summed E-state index contributed by atoms with van der Waals surface area (Å²) in [5.74, 6) is 0. The largest absolute Gasteiger partial charge is 0.292 e. The van der Waals surface area contributed by atoms with Gasteiger partial charge in [0.2, 0.25) is 0 Å². The Labute approximate surface area is 48.6 Å². The first-order chi connectivity index (χ1) is 3.93. The monoisotopic (exact) mass is 111 g/mol. The minimum absolute atomic E-state index is 1.75. The van der Waals surface area contributed by atoms with E-state index in [1.165, 1.54) is 0 Å². The van der Waals surface area contributed by atoms with Crippen molar-refractivity contribution in [1.82, 2.24) is 16.0 Å². The van der Waals surface area contributed by atoms with Gasteiger partial charge in [-0.2, -0.15) is 0 Å². The molecule has 0 aliphatic carbocycles. The van der Waals surface area contributed by atoms with Crippen molar-refractivity contribution in [1.29, 1.82) is 0 Å². The lowest BCUT2D eigenvalue weighted by Crippen LogP contribution is -2.39. The predicted octanol–water partition coefficient (Wildman–Crippen LogP) is -0.0316. The van der Waals surface area contributed by atoms with E-state index in [-0.39, 0.29) is 0 Å². The third-order valence-corrected chi connectivity index (χ3v) is 0.897. The highest BCUT2D eigenvalue weighted by molar-refractivity contribution is 5.03. The van der Waals surface area contributed by atoms with Crippen molar-refractivity contribution in [2.45, 2.75) is 0 Å². The zero-order valence-electron chi connectivity index (χ0n) is 4.76. The van der Waals surface area contributed by atoms with Gasteiger partial charge in [-0.25, -0.2) is 10.5 Å². The molecule has 0 radical (unpaired) electrons. The van der Waals surface area contributed by atoms with E-state index in [2.05, 4.69) is 10.9 Å². The molecule has 1 aliphatic rings. The summed E-state index contributed by atoms with van der Waals surface area (Å²) >= 11 is 0. The van der Waals surface area contributed by atoms with Gasteiger partial charge in [-0.1, -0.05) is 0 Å². The quantitative estimate of drug-likeness (QED) is 0.497. The van der Waals surface area contributed by atoms with Gasteiger partial charge in [-0.05, 0) is 12.2 Å². The fourth-order valence-corrected chi connectivity index (χ4v) is 0.497. The number of rotatable bonds is 1. The number of nitrogens with one attached hydrogen (secondary N) is 2. The van der Waals surface area contributed by atoms with Gasteiger partial charge in [-0.3, -0.25) is 5.43 Å². The summed E-state index contributed by atoms with van der Waals surface area (Å²) in [5.41, 5.74) is 5.81. The van der Waals surface area contributed by atoms with Crippen LogP contribution in [0.1, 0.15) is 0 Å². The van der Waals surface area contributed by atoms with Gasteiger partial charge < -0.3 is 0 Å². The summed E-state index contributed by atoms with van der Waals surface area (Å²) in [6.07, 6.45) is 7.59. The van der Waals surface area contributed by atoms with Crippen LogP contribution in [0.3, 0.4) is 0 Å². The average molecular weight is 111 g/mol. The summed E-state index contributed by atoms with van der Waals surface area (Å²) in [7, 11) is 1.84. The number of hydrazine groups is 2. The first-order valence-corrected chi connectivity index (χ1v) is 2.49. The molecule has 0 unspecified atom stereocenters. The molecule has 3 nitrogen and oxygen atoms in total. The van der Waals surface area contributed by atoms with Crippen molar-refractivity contribution in [3.8, 4) is 0 Å². The van der Waals surface area contributed by atoms with Gasteiger partial charge in [0.05, 0.1) is 0 Å². The molecule has 0 bridgehead atoms. The van der Waals surface area contributed by atoms with Crippen molar-refractivity contribution < 1.29 is 0 Å². The fourth-order valence-electron chi connectivity index (χ4n) is 0.497. The van der Waals surface area contributed by atoms with Crippen molar-refractivity contribution in [2.75, 3.05) is 7.05 Å². The van der Waals surface area contributed by atoms with Crippen LogP contribution in [-0.4, -0.2) is 12.2 Å². The average Bonchev–Trinajstić information content (AvgIpc) is 1.90. The Kier molecular flexibility index (Phi) is 1.54. The minimum atomic E-state index is 1.75. The standard InChI is InChI=1S/C5H9N3/c1-6-8-5-3-2-4-7-8/h2-7H,1H3. The van der Waals surface area contributed by atoms with E-state index in [9.17, 15) is 0 Å². The lowest BCUT2D eigenvalue weighted by Gasteiger charge is -2.19. The van der Waals surface area contributed by atoms with Crippen molar-refractivity contribution >= 4 is 0 Å². The number of allylic oxidation sites excluding steroid dienone is 2. The highest BCUT2D eigenvalue weighted by Crippen LogP contribution is 1.85. The second-order valence-electron chi connectivity index (χ2n) is 1.42. The molecule has 0 saturated carbocycles. The first-order valence-electron chi connectivity index (χ1n) is 2.49. The first kappa shape index (κ1) is 5.18. The van der Waals surface area contributed by atoms with Crippen LogP contribution in [0.4, 0.5) is 0 Å². The van der Waals surface area contributed by atoms with Crippen LogP contribution in [0, 0.1) is 0 Å². The summed E-state index contributed by atoms with van der Waals surface area (Å²) in [6, 6.07) is 0. The molecule has 2 N–H and O–H groups in total. The van der Waals surface area contributed by atoms with Crippen LogP contribution in [0.2, 0.25) is 0 Å². The van der Waals surface area contributed by atoms with Crippen molar-refractivity contribution in [3.05, 3.63) is 24.6 Å². The molecule has 0 aromatic heterocycles. The summed E-state index contributed by atoms with van der Waals surface area (Å²) in [4.78, 5) is 0. The SMILES string of the molecule is CNN1C=CC=CN1. The molecule has 0 spiro atoms. The maximum atomic E-state index is 2.92. The molecule has 1 aliphatic heterocycles. The van der Waals surface area contributed by atoms with E-state index in [0.717, 1.165) is 0 Å². The zero-order valence-corrected chi connectivity index (χ0v) is 4.76. The summed E-state index contributed by atoms with van der Waals surface area (Å²) < 4.78 is 0. The van der Waals surface area contributed by atoms with Crippen LogP contribution in [0.25, 0.3) is 0 Å². The molecular formula is C5H9N3. The second-order valence-corrected chi connectivity index (χ2v) is 1.42. The van der Waals surface area contributed by atoms with Crippen LogP contribution >= 0.6 is 0 Å². The van der Waals surface area contributed by atoms with Gasteiger partial charge >= 0.3 is 0 Å². The Bertz CT molecular complexity index is 117. The Morgan fingerprint density at radius 2 is 2.38 bits per heavy atom. The van der Waals surface area contributed by atoms with Crippen LogP contribution in [-0.2, 0) is 0 Å². The Balaban J connectivity index is 2.40. The Hall–Kier alpha value is -0.960. The lowest BCUT2D eigenvalue weighted by molar-refractivity contribution is 0.240. The molecule has 0 saturated heterocycles. The highest BCUT2D eigenvalue weighted by atomic mass is 15.7. The van der Waals surface area contributed by atoms with E-state index in [4.69, 9.17) is 0 Å². The summed E-state index contributed by atoms with van der Waals surface area (Å²) in [6.45, 7) is 0. The van der Waals surface area contributed by atoms with Crippen molar-refractivity contribution in [2.24, 2.45) is 0 Å². The maximum Gasteiger partial charge on any atom is 0.0395 e. The normalized spacial score (nSPS) is 16.4. The van der Waals surface area contributed by atoms with E-state index in [0.29, 0.717) is 0 Å². The van der Waals surface area contributed by atoms with Gasteiger partial charge in [0.15, 0.2) is 0 Å². The molecule has 3 heteroatoms. The minimum Gasteiger partial charge on any atom is -0.292 e. The maximum absolute atomic E-state index is 2.92. The lowest BCUT2D eigenvalue weighted by atomic mass is 10.5. The Morgan fingerprint density at radius 3 is 2.75 bits per heavy atom. The predicted molar refractivity (Wildman–Crippen MR) is 32.3 cm³/mol. The van der Waals surface area contributed by atoms with Crippen LogP contribution < -0.4 is 10.9 Å². The zero-order chi connectivity index (χ0) is 5.82. The van der Waals surface area contributed by atoms with E-state index in [1.54, 1.807) is 5.12 Å². The molecule has 44 valence electrons. The second kappa shape index (κ2) is 2.37. The topological polar surface area (TPSA) is 27.3 Å².